The molecule has 1 atom stereocenters. The molecule has 1 aromatic rings. The Labute approximate surface area is 120 Å². The molecule has 1 fully saturated rings. The molecule has 0 unspecified atom stereocenters. The second kappa shape index (κ2) is 5.79. The highest BCUT2D eigenvalue weighted by atomic mass is 16.2. The van der Waals surface area contributed by atoms with Crippen molar-refractivity contribution >= 4 is 17.4 Å². The van der Waals surface area contributed by atoms with E-state index in [2.05, 4.69) is 15.2 Å². The lowest BCUT2D eigenvalue weighted by molar-refractivity contribution is -0.119. The fraction of sp³-hybridized carbons (Fsp3) is 0.600. The zero-order valence-corrected chi connectivity index (χ0v) is 12.5. The largest absolute Gasteiger partial charge is 0.357 e. The quantitative estimate of drug-likeness (QED) is 0.885. The number of carbonyl (C=O) groups is 1. The number of amides is 1. The maximum atomic E-state index is 12.0. The topological polar surface area (TPSA) is 71.2 Å². The number of aromatic nitrogens is 1. The first-order chi connectivity index (χ1) is 9.38. The SMILES string of the molecule is CC(C)(C)[C@H](N)C(=O)Nc1ccc(N2CCCC2)nc1. The first-order valence-electron chi connectivity index (χ1n) is 7.15. The van der Waals surface area contributed by atoms with E-state index in [9.17, 15) is 4.79 Å². The van der Waals surface area contributed by atoms with Crippen LogP contribution in [0.1, 0.15) is 33.6 Å². The lowest BCUT2D eigenvalue weighted by Gasteiger charge is -2.25. The first-order valence-corrected chi connectivity index (χ1v) is 7.15. The second-order valence-electron chi connectivity index (χ2n) is 6.43. The normalized spacial score (nSPS) is 17.1. The van der Waals surface area contributed by atoms with Crippen LogP contribution in [0.25, 0.3) is 0 Å². The van der Waals surface area contributed by atoms with E-state index in [-0.39, 0.29) is 11.3 Å². The Kier molecular flexibility index (Phi) is 4.28. The molecule has 1 aromatic heterocycles. The molecule has 20 heavy (non-hydrogen) atoms. The molecule has 2 heterocycles. The molecule has 1 aliphatic heterocycles. The minimum absolute atomic E-state index is 0.173. The molecule has 2 rings (SSSR count). The van der Waals surface area contributed by atoms with Crippen LogP contribution in [0.2, 0.25) is 0 Å². The average Bonchev–Trinajstić information content (AvgIpc) is 2.91. The van der Waals surface area contributed by atoms with Crippen LogP contribution < -0.4 is 16.0 Å². The van der Waals surface area contributed by atoms with Crippen LogP contribution in [-0.2, 0) is 4.79 Å². The van der Waals surface area contributed by atoms with Crippen molar-refractivity contribution in [1.29, 1.82) is 0 Å². The summed E-state index contributed by atoms with van der Waals surface area (Å²) in [5.41, 5.74) is 6.37. The van der Waals surface area contributed by atoms with Gasteiger partial charge < -0.3 is 16.0 Å². The third-order valence-electron chi connectivity index (χ3n) is 3.66. The molecular formula is C15H24N4O. The summed E-state index contributed by atoms with van der Waals surface area (Å²) in [5.74, 6) is 0.800. The van der Waals surface area contributed by atoms with E-state index >= 15 is 0 Å². The number of hydrogen-bond acceptors (Lipinski definition) is 4. The number of nitrogens with one attached hydrogen (secondary N) is 1. The highest BCUT2D eigenvalue weighted by molar-refractivity contribution is 5.95. The van der Waals surface area contributed by atoms with Crippen molar-refractivity contribution in [3.8, 4) is 0 Å². The Morgan fingerprint density at radius 3 is 2.50 bits per heavy atom. The van der Waals surface area contributed by atoms with E-state index in [0.717, 1.165) is 18.9 Å². The Bertz CT molecular complexity index is 458. The number of pyridine rings is 1. The van der Waals surface area contributed by atoms with E-state index < -0.39 is 6.04 Å². The summed E-state index contributed by atoms with van der Waals surface area (Å²) in [5, 5.41) is 2.82. The first kappa shape index (κ1) is 14.8. The van der Waals surface area contributed by atoms with Gasteiger partial charge in [0.25, 0.3) is 0 Å². The van der Waals surface area contributed by atoms with Crippen LogP contribution in [0.15, 0.2) is 18.3 Å². The maximum Gasteiger partial charge on any atom is 0.241 e. The monoisotopic (exact) mass is 276 g/mol. The van der Waals surface area contributed by atoms with Gasteiger partial charge in [0, 0.05) is 13.1 Å². The standard InChI is InChI=1S/C15H24N4O/c1-15(2,3)13(16)14(20)18-11-6-7-12(17-10-11)19-8-4-5-9-19/h6-7,10,13H,4-5,8-9,16H2,1-3H3,(H,18,20)/t13-/m1/s1. The predicted molar refractivity (Wildman–Crippen MR) is 81.7 cm³/mol. The average molecular weight is 276 g/mol. The summed E-state index contributed by atoms with van der Waals surface area (Å²) in [6.45, 7) is 7.98. The smallest absolute Gasteiger partial charge is 0.241 e. The molecule has 5 nitrogen and oxygen atoms in total. The lowest BCUT2D eigenvalue weighted by Crippen LogP contribution is -2.45. The van der Waals surface area contributed by atoms with Crippen LogP contribution in [0, 0.1) is 5.41 Å². The number of nitrogens with zero attached hydrogens (tertiary/aromatic N) is 2. The van der Waals surface area contributed by atoms with Gasteiger partial charge in [0.1, 0.15) is 5.82 Å². The van der Waals surface area contributed by atoms with E-state index in [1.807, 2.05) is 32.9 Å². The van der Waals surface area contributed by atoms with Gasteiger partial charge in [-0.25, -0.2) is 4.98 Å². The minimum atomic E-state index is -0.541. The number of hydrogen-bond donors (Lipinski definition) is 2. The summed E-state index contributed by atoms with van der Waals surface area (Å²) in [6.07, 6.45) is 4.14. The molecule has 0 aliphatic carbocycles. The third kappa shape index (κ3) is 3.48. The second-order valence-corrected chi connectivity index (χ2v) is 6.43. The van der Waals surface area contributed by atoms with Crippen molar-refractivity contribution in [3.05, 3.63) is 18.3 Å². The molecule has 1 saturated heterocycles. The van der Waals surface area contributed by atoms with Crippen LogP contribution in [-0.4, -0.2) is 30.0 Å². The van der Waals surface area contributed by atoms with Gasteiger partial charge in [-0.2, -0.15) is 0 Å². The van der Waals surface area contributed by atoms with Crippen molar-refractivity contribution in [2.24, 2.45) is 11.1 Å². The summed E-state index contributed by atoms with van der Waals surface area (Å²) in [7, 11) is 0. The van der Waals surface area contributed by atoms with Gasteiger partial charge in [-0.1, -0.05) is 20.8 Å². The molecule has 0 saturated carbocycles. The number of anilines is 2. The molecule has 0 radical (unpaired) electrons. The van der Waals surface area contributed by atoms with Gasteiger partial charge >= 0.3 is 0 Å². The third-order valence-corrected chi connectivity index (χ3v) is 3.66. The molecule has 3 N–H and O–H groups in total. The van der Waals surface area contributed by atoms with Gasteiger partial charge in [-0.05, 0) is 30.4 Å². The van der Waals surface area contributed by atoms with Crippen molar-refractivity contribution in [1.82, 2.24) is 4.98 Å². The molecule has 0 bridgehead atoms. The van der Waals surface area contributed by atoms with Gasteiger partial charge in [0.2, 0.25) is 5.91 Å². The minimum Gasteiger partial charge on any atom is -0.357 e. The summed E-state index contributed by atoms with van der Waals surface area (Å²) in [6, 6.07) is 3.29. The summed E-state index contributed by atoms with van der Waals surface area (Å²) >= 11 is 0. The fourth-order valence-corrected chi connectivity index (χ4v) is 2.21. The molecule has 0 spiro atoms. The zero-order chi connectivity index (χ0) is 14.8. The van der Waals surface area contributed by atoms with E-state index in [1.54, 1.807) is 6.20 Å². The molecule has 0 aromatic carbocycles. The Balaban J connectivity index is 1.98. The van der Waals surface area contributed by atoms with Gasteiger partial charge in [-0.3, -0.25) is 4.79 Å². The molecular weight excluding hydrogens is 252 g/mol. The van der Waals surface area contributed by atoms with Crippen LogP contribution >= 0.6 is 0 Å². The van der Waals surface area contributed by atoms with Crippen molar-refractivity contribution in [3.63, 3.8) is 0 Å². The molecule has 1 aliphatic rings. The van der Waals surface area contributed by atoms with Gasteiger partial charge in [0.15, 0.2) is 0 Å². The van der Waals surface area contributed by atoms with Crippen molar-refractivity contribution in [2.75, 3.05) is 23.3 Å². The van der Waals surface area contributed by atoms with E-state index in [0.29, 0.717) is 5.69 Å². The van der Waals surface area contributed by atoms with Crippen molar-refractivity contribution < 1.29 is 4.79 Å². The van der Waals surface area contributed by atoms with Crippen LogP contribution in [0.3, 0.4) is 0 Å². The van der Waals surface area contributed by atoms with Gasteiger partial charge in [-0.15, -0.1) is 0 Å². The molecule has 1 amide bonds. The van der Waals surface area contributed by atoms with Crippen LogP contribution in [0.4, 0.5) is 11.5 Å². The van der Waals surface area contributed by atoms with Crippen LogP contribution in [0.5, 0.6) is 0 Å². The molecule has 5 heteroatoms. The van der Waals surface area contributed by atoms with E-state index in [1.165, 1.54) is 12.8 Å². The van der Waals surface area contributed by atoms with E-state index in [4.69, 9.17) is 5.73 Å². The fourth-order valence-electron chi connectivity index (χ4n) is 2.21. The maximum absolute atomic E-state index is 12.0. The Hall–Kier alpha value is -1.62. The Morgan fingerprint density at radius 1 is 1.35 bits per heavy atom. The highest BCUT2D eigenvalue weighted by Crippen LogP contribution is 2.21. The number of rotatable bonds is 3. The van der Waals surface area contributed by atoms with Crippen molar-refractivity contribution in [2.45, 2.75) is 39.7 Å². The zero-order valence-electron chi connectivity index (χ0n) is 12.5. The predicted octanol–water partition coefficient (Wildman–Crippen LogP) is 1.99. The Morgan fingerprint density at radius 2 is 2.00 bits per heavy atom. The number of nitrogens with two attached hydrogens (primary N) is 1. The summed E-state index contributed by atoms with van der Waals surface area (Å²) < 4.78 is 0. The number of carbonyl (C=O) groups excluding carboxylic acids is 1. The highest BCUT2D eigenvalue weighted by Gasteiger charge is 2.27. The van der Waals surface area contributed by atoms with Gasteiger partial charge in [0.05, 0.1) is 17.9 Å². The summed E-state index contributed by atoms with van der Waals surface area (Å²) in [4.78, 5) is 18.7. The lowest BCUT2D eigenvalue weighted by atomic mass is 9.87. The molecule has 110 valence electrons.